The first kappa shape index (κ1) is 21.2. The molecule has 1 heterocycles. The highest BCUT2D eigenvalue weighted by Crippen LogP contribution is 2.26. The lowest BCUT2D eigenvalue weighted by molar-refractivity contribution is -0.122. The van der Waals surface area contributed by atoms with Gasteiger partial charge < -0.3 is 15.1 Å². The van der Waals surface area contributed by atoms with E-state index in [9.17, 15) is 9.59 Å². The van der Waals surface area contributed by atoms with Crippen molar-refractivity contribution in [1.29, 1.82) is 0 Å². The maximum atomic E-state index is 12.4. The van der Waals surface area contributed by atoms with Gasteiger partial charge in [-0.1, -0.05) is 32.9 Å². The summed E-state index contributed by atoms with van der Waals surface area (Å²) in [5.74, 6) is -0.108. The Morgan fingerprint density at radius 3 is 2.15 bits per heavy atom. The van der Waals surface area contributed by atoms with Gasteiger partial charge in [-0.2, -0.15) is 0 Å². The average Bonchev–Trinajstić information content (AvgIpc) is 2.92. The van der Waals surface area contributed by atoms with Crippen LogP contribution >= 0.6 is 15.9 Å². The lowest BCUT2D eigenvalue weighted by atomic mass is 9.81. The Kier molecular flexibility index (Phi) is 6.52. The second-order valence-corrected chi connectivity index (χ2v) is 9.38. The molecule has 0 aliphatic rings. The fraction of sp³-hybridized carbons (Fsp3) is 0.429. The van der Waals surface area contributed by atoms with Gasteiger partial charge in [-0.25, -0.2) is 0 Å². The molecule has 2 rings (SSSR count). The molecule has 0 bridgehead atoms. The minimum Gasteiger partial charge on any atom is -0.444 e. The van der Waals surface area contributed by atoms with Gasteiger partial charge >= 0.3 is 0 Å². The lowest BCUT2D eigenvalue weighted by Crippen LogP contribution is -2.46. The molecular formula is C21H27BrN2O3. The highest BCUT2D eigenvalue weighted by molar-refractivity contribution is 9.10. The molecule has 6 heteroatoms. The van der Waals surface area contributed by atoms with E-state index in [1.165, 1.54) is 0 Å². The molecule has 146 valence electrons. The topological polar surface area (TPSA) is 71.3 Å². The maximum absolute atomic E-state index is 12.4. The van der Waals surface area contributed by atoms with E-state index in [2.05, 4.69) is 47.3 Å². The lowest BCUT2D eigenvalue weighted by Gasteiger charge is -2.33. The van der Waals surface area contributed by atoms with Crippen LogP contribution in [0.1, 0.15) is 57.2 Å². The zero-order valence-electron chi connectivity index (χ0n) is 16.5. The maximum Gasteiger partial charge on any atom is 0.291 e. The third-order valence-corrected chi connectivity index (χ3v) is 4.25. The van der Waals surface area contributed by atoms with E-state index in [-0.39, 0.29) is 28.5 Å². The summed E-state index contributed by atoms with van der Waals surface area (Å²) < 4.78 is 5.73. The number of hydrogen-bond acceptors (Lipinski definition) is 3. The highest BCUT2D eigenvalue weighted by atomic mass is 79.9. The van der Waals surface area contributed by atoms with Crippen molar-refractivity contribution in [2.24, 2.45) is 5.41 Å². The first-order valence-electron chi connectivity index (χ1n) is 8.90. The SMILES string of the molecule is CC(C)(C)CC(C)(C)NC(=O)Cc1ccc(NC(=O)c2ccc(Br)o2)cc1. The summed E-state index contributed by atoms with van der Waals surface area (Å²) in [5, 5.41) is 5.87. The molecule has 2 aromatic rings. The van der Waals surface area contributed by atoms with Crippen LogP contribution in [0.25, 0.3) is 0 Å². The Hall–Kier alpha value is -2.08. The number of halogens is 1. The summed E-state index contributed by atoms with van der Waals surface area (Å²) in [6, 6.07) is 10.5. The molecule has 0 radical (unpaired) electrons. The van der Waals surface area contributed by atoms with Crippen molar-refractivity contribution in [3.8, 4) is 0 Å². The zero-order valence-corrected chi connectivity index (χ0v) is 18.1. The van der Waals surface area contributed by atoms with Crippen molar-refractivity contribution in [2.45, 2.75) is 53.0 Å². The number of nitrogens with one attached hydrogen (secondary N) is 2. The molecule has 0 saturated carbocycles. The molecule has 0 fully saturated rings. The molecule has 0 aliphatic carbocycles. The quantitative estimate of drug-likeness (QED) is 0.658. The fourth-order valence-electron chi connectivity index (χ4n) is 3.31. The van der Waals surface area contributed by atoms with E-state index in [1.54, 1.807) is 24.3 Å². The monoisotopic (exact) mass is 434 g/mol. The van der Waals surface area contributed by atoms with Crippen molar-refractivity contribution in [3.05, 3.63) is 52.4 Å². The zero-order chi connectivity index (χ0) is 20.2. The van der Waals surface area contributed by atoms with Crippen LogP contribution in [-0.4, -0.2) is 17.4 Å². The van der Waals surface area contributed by atoms with Gasteiger partial charge in [-0.15, -0.1) is 0 Å². The molecule has 0 spiro atoms. The Labute approximate surface area is 169 Å². The van der Waals surface area contributed by atoms with E-state index >= 15 is 0 Å². The van der Waals surface area contributed by atoms with E-state index in [0.29, 0.717) is 16.8 Å². The normalized spacial score (nSPS) is 11.9. The van der Waals surface area contributed by atoms with Crippen LogP contribution in [0.4, 0.5) is 5.69 Å². The van der Waals surface area contributed by atoms with Gasteiger partial charge in [0.1, 0.15) is 0 Å². The van der Waals surface area contributed by atoms with Crippen LogP contribution in [0.2, 0.25) is 0 Å². The van der Waals surface area contributed by atoms with Crippen molar-refractivity contribution in [2.75, 3.05) is 5.32 Å². The predicted octanol–water partition coefficient (Wildman–Crippen LogP) is 5.17. The number of carbonyl (C=O) groups is 2. The van der Waals surface area contributed by atoms with Crippen molar-refractivity contribution in [3.63, 3.8) is 0 Å². The number of anilines is 1. The smallest absolute Gasteiger partial charge is 0.291 e. The third kappa shape index (κ3) is 7.21. The minimum absolute atomic E-state index is 0.0125. The number of furan rings is 1. The van der Waals surface area contributed by atoms with E-state index in [0.717, 1.165) is 12.0 Å². The summed E-state index contributed by atoms with van der Waals surface area (Å²) in [4.78, 5) is 24.4. The van der Waals surface area contributed by atoms with Gasteiger partial charge in [0.05, 0.1) is 6.42 Å². The van der Waals surface area contributed by atoms with Crippen LogP contribution in [0, 0.1) is 5.41 Å². The summed E-state index contributed by atoms with van der Waals surface area (Å²) in [6.07, 6.45) is 1.19. The van der Waals surface area contributed by atoms with Gasteiger partial charge in [-0.05, 0) is 71.4 Å². The predicted molar refractivity (Wildman–Crippen MR) is 111 cm³/mol. The Morgan fingerprint density at radius 2 is 1.63 bits per heavy atom. The van der Waals surface area contributed by atoms with Crippen LogP contribution in [0.15, 0.2) is 45.5 Å². The third-order valence-electron chi connectivity index (χ3n) is 3.82. The van der Waals surface area contributed by atoms with Crippen LogP contribution < -0.4 is 10.6 Å². The summed E-state index contributed by atoms with van der Waals surface area (Å²) in [6.45, 7) is 10.6. The molecule has 0 aliphatic heterocycles. The molecule has 0 atom stereocenters. The first-order chi connectivity index (χ1) is 12.4. The molecule has 2 N–H and O–H groups in total. The first-order valence-corrected chi connectivity index (χ1v) is 9.69. The van der Waals surface area contributed by atoms with Crippen molar-refractivity contribution < 1.29 is 14.0 Å². The van der Waals surface area contributed by atoms with Crippen molar-refractivity contribution in [1.82, 2.24) is 5.32 Å². The molecule has 1 aromatic carbocycles. The van der Waals surface area contributed by atoms with Crippen LogP contribution in [0.5, 0.6) is 0 Å². The van der Waals surface area contributed by atoms with Gasteiger partial charge in [0.2, 0.25) is 5.91 Å². The number of carbonyl (C=O) groups excluding carboxylic acids is 2. The molecular weight excluding hydrogens is 408 g/mol. The van der Waals surface area contributed by atoms with Gasteiger partial charge in [0.25, 0.3) is 5.91 Å². The molecule has 27 heavy (non-hydrogen) atoms. The van der Waals surface area contributed by atoms with E-state index in [1.807, 2.05) is 26.0 Å². The second kappa shape index (κ2) is 8.30. The molecule has 0 unspecified atom stereocenters. The summed E-state index contributed by atoms with van der Waals surface area (Å²) in [7, 11) is 0. The van der Waals surface area contributed by atoms with Crippen LogP contribution in [-0.2, 0) is 11.2 Å². The number of rotatable bonds is 6. The highest BCUT2D eigenvalue weighted by Gasteiger charge is 2.26. The Morgan fingerprint density at radius 1 is 1.00 bits per heavy atom. The minimum atomic E-state index is -0.324. The number of hydrogen-bond donors (Lipinski definition) is 2. The summed E-state index contributed by atoms with van der Waals surface area (Å²) in [5.41, 5.74) is 1.41. The van der Waals surface area contributed by atoms with Gasteiger partial charge in [0, 0.05) is 11.2 Å². The average molecular weight is 435 g/mol. The van der Waals surface area contributed by atoms with Gasteiger partial charge in [0.15, 0.2) is 10.4 Å². The Balaban J connectivity index is 1.91. The molecule has 1 aromatic heterocycles. The second-order valence-electron chi connectivity index (χ2n) is 8.60. The standard InChI is InChI=1S/C21H27BrN2O3/c1-20(2,3)13-21(4,5)24-18(25)12-14-6-8-15(9-7-14)23-19(26)16-10-11-17(22)27-16/h6-11H,12-13H2,1-5H3,(H,23,26)(H,24,25). The van der Waals surface area contributed by atoms with Crippen LogP contribution in [0.3, 0.4) is 0 Å². The van der Waals surface area contributed by atoms with E-state index < -0.39 is 0 Å². The van der Waals surface area contributed by atoms with Crippen molar-refractivity contribution >= 4 is 33.4 Å². The number of amides is 2. The number of benzene rings is 1. The Bertz CT molecular complexity index is 802. The fourth-order valence-corrected chi connectivity index (χ4v) is 3.62. The molecule has 2 amide bonds. The molecule has 0 saturated heterocycles. The molecule has 5 nitrogen and oxygen atoms in total. The van der Waals surface area contributed by atoms with Gasteiger partial charge in [-0.3, -0.25) is 9.59 Å². The van der Waals surface area contributed by atoms with E-state index in [4.69, 9.17) is 4.42 Å². The largest absolute Gasteiger partial charge is 0.444 e. The summed E-state index contributed by atoms with van der Waals surface area (Å²) >= 11 is 3.17.